The molecule has 2 aliphatic rings. The molecule has 0 radical (unpaired) electrons. The van der Waals surface area contributed by atoms with Gasteiger partial charge in [0.05, 0.1) is 17.5 Å². The lowest BCUT2D eigenvalue weighted by molar-refractivity contribution is 0.202. The molecular weight excluding hydrogens is 444 g/mol. The van der Waals surface area contributed by atoms with Crippen molar-refractivity contribution in [3.05, 3.63) is 78.9 Å². The van der Waals surface area contributed by atoms with Crippen LogP contribution < -0.4 is 4.74 Å². The first-order valence-electron chi connectivity index (χ1n) is 13.5. The molecule has 0 bridgehead atoms. The van der Waals surface area contributed by atoms with Crippen molar-refractivity contribution in [3.63, 3.8) is 0 Å². The molecular formula is C32H34N2O2. The molecule has 184 valence electrons. The topological polar surface area (TPSA) is 47.3 Å². The predicted octanol–water partition coefficient (Wildman–Crippen LogP) is 8.42. The number of hydrogen-bond donors (Lipinski definition) is 1. The van der Waals surface area contributed by atoms with E-state index >= 15 is 0 Å². The maximum atomic E-state index is 11.0. The fraction of sp³-hybridized carbons (Fsp3) is 0.344. The molecule has 2 saturated carbocycles. The van der Waals surface area contributed by atoms with Gasteiger partial charge >= 0.3 is 0 Å². The predicted molar refractivity (Wildman–Crippen MR) is 145 cm³/mol. The Hall–Kier alpha value is -3.53. The van der Waals surface area contributed by atoms with Crippen molar-refractivity contribution in [2.24, 2.45) is 0 Å². The van der Waals surface area contributed by atoms with Gasteiger partial charge in [-0.1, -0.05) is 79.9 Å². The Morgan fingerprint density at radius 2 is 1.33 bits per heavy atom. The fourth-order valence-electron chi connectivity index (χ4n) is 5.94. The van der Waals surface area contributed by atoms with E-state index in [1.807, 2.05) is 18.2 Å². The van der Waals surface area contributed by atoms with Gasteiger partial charge in [0.25, 0.3) is 0 Å². The van der Waals surface area contributed by atoms with E-state index in [2.05, 4.69) is 65.2 Å². The number of aromatic hydroxyl groups is 1. The highest BCUT2D eigenvalue weighted by atomic mass is 16.5. The molecule has 0 saturated heterocycles. The lowest BCUT2D eigenvalue weighted by Gasteiger charge is -2.27. The average molecular weight is 479 g/mol. The summed E-state index contributed by atoms with van der Waals surface area (Å²) >= 11 is 0. The number of rotatable bonds is 6. The third-order valence-electron chi connectivity index (χ3n) is 7.76. The molecule has 3 aromatic carbocycles. The normalized spacial score (nSPS) is 16.9. The third-order valence-corrected chi connectivity index (χ3v) is 7.76. The quantitative estimate of drug-likeness (QED) is 0.302. The van der Waals surface area contributed by atoms with Crippen LogP contribution in [0.5, 0.6) is 11.5 Å². The number of aromatic nitrogens is 2. The highest BCUT2D eigenvalue weighted by Gasteiger charge is 2.28. The second-order valence-corrected chi connectivity index (χ2v) is 10.2. The molecule has 2 aliphatic carbocycles. The van der Waals surface area contributed by atoms with Gasteiger partial charge < -0.3 is 14.4 Å². The number of nitrogens with zero attached hydrogens (tertiary/aromatic N) is 2. The summed E-state index contributed by atoms with van der Waals surface area (Å²) in [7, 11) is 0. The number of phenolic OH excluding ortho intramolecular Hbond substituents is 1. The van der Waals surface area contributed by atoms with Crippen molar-refractivity contribution >= 4 is 0 Å². The summed E-state index contributed by atoms with van der Waals surface area (Å²) in [6.07, 6.45) is 10.8. The summed E-state index contributed by atoms with van der Waals surface area (Å²) in [5.74, 6) is 1.69. The van der Waals surface area contributed by atoms with Crippen LogP contribution in [0.25, 0.3) is 33.9 Å². The molecule has 0 aliphatic heterocycles. The minimum atomic E-state index is 0.195. The van der Waals surface area contributed by atoms with Crippen LogP contribution in [-0.4, -0.2) is 20.8 Å². The van der Waals surface area contributed by atoms with Gasteiger partial charge in [-0.05, 0) is 56.7 Å². The summed E-state index contributed by atoms with van der Waals surface area (Å²) in [6.45, 7) is 0. The molecule has 1 N–H and O–H groups in total. The summed E-state index contributed by atoms with van der Waals surface area (Å²) in [5, 5.41) is 11.0. The fourth-order valence-corrected chi connectivity index (χ4v) is 5.94. The third kappa shape index (κ3) is 4.53. The number of hydrogen-bond acceptors (Lipinski definition) is 3. The van der Waals surface area contributed by atoms with Gasteiger partial charge in [0.2, 0.25) is 0 Å². The van der Waals surface area contributed by atoms with E-state index in [9.17, 15) is 5.11 Å². The van der Waals surface area contributed by atoms with Crippen molar-refractivity contribution in [3.8, 4) is 45.4 Å². The molecule has 0 atom stereocenters. The number of ether oxygens (including phenoxy) is 1. The van der Waals surface area contributed by atoms with E-state index in [-0.39, 0.29) is 11.9 Å². The molecule has 4 aromatic rings. The number of imidazole rings is 1. The molecule has 4 heteroatoms. The average Bonchev–Trinajstić information content (AvgIpc) is 3.60. The molecule has 36 heavy (non-hydrogen) atoms. The highest BCUT2D eigenvalue weighted by Crippen LogP contribution is 2.43. The van der Waals surface area contributed by atoms with Crippen LogP contribution in [0.15, 0.2) is 78.9 Å². The first-order valence-corrected chi connectivity index (χ1v) is 13.5. The first kappa shape index (κ1) is 22.9. The van der Waals surface area contributed by atoms with Crippen LogP contribution >= 0.6 is 0 Å². The zero-order valence-corrected chi connectivity index (χ0v) is 20.8. The van der Waals surface area contributed by atoms with Crippen LogP contribution in [-0.2, 0) is 0 Å². The Labute approximate surface area is 213 Å². The van der Waals surface area contributed by atoms with E-state index in [0.717, 1.165) is 54.0 Å². The van der Waals surface area contributed by atoms with Gasteiger partial charge in [-0.25, -0.2) is 4.98 Å². The lowest BCUT2D eigenvalue weighted by atomic mass is 9.94. The maximum Gasteiger partial charge on any atom is 0.161 e. The van der Waals surface area contributed by atoms with Gasteiger partial charge in [-0.15, -0.1) is 0 Å². The summed E-state index contributed by atoms with van der Waals surface area (Å²) in [6, 6.07) is 27.3. The van der Waals surface area contributed by atoms with Crippen molar-refractivity contribution in [1.29, 1.82) is 0 Å². The summed E-state index contributed by atoms with van der Waals surface area (Å²) in [4.78, 5) is 5.29. The smallest absolute Gasteiger partial charge is 0.161 e. The Bertz CT molecular complexity index is 1300. The van der Waals surface area contributed by atoms with E-state index in [0.29, 0.717) is 11.8 Å². The molecule has 0 spiro atoms. The standard InChI is InChI=1S/C32H34N2O2/c35-28-22-25(20-21-29(28)36-27-18-10-11-19-27)32-33-30(23-12-4-1-5-13-23)31(24-14-6-2-7-15-24)34(32)26-16-8-3-9-17-26/h1-2,4-7,12-15,20-22,26-27,35H,3,8-11,16-19H2. The largest absolute Gasteiger partial charge is 0.504 e. The van der Waals surface area contributed by atoms with Gasteiger partial charge in [0, 0.05) is 22.7 Å². The second kappa shape index (κ2) is 10.2. The Morgan fingerprint density at radius 1 is 0.694 bits per heavy atom. The van der Waals surface area contributed by atoms with Gasteiger partial charge in [-0.3, -0.25) is 0 Å². The van der Waals surface area contributed by atoms with Crippen molar-refractivity contribution in [2.75, 3.05) is 0 Å². The van der Waals surface area contributed by atoms with Crippen molar-refractivity contribution in [1.82, 2.24) is 9.55 Å². The molecule has 1 aromatic heterocycles. The van der Waals surface area contributed by atoms with E-state index in [4.69, 9.17) is 9.72 Å². The molecule has 2 fully saturated rings. The first-order chi connectivity index (χ1) is 17.8. The van der Waals surface area contributed by atoms with Gasteiger partial charge in [0.15, 0.2) is 11.5 Å². The number of benzene rings is 3. The Morgan fingerprint density at radius 3 is 2.00 bits per heavy atom. The van der Waals surface area contributed by atoms with Gasteiger partial charge in [-0.2, -0.15) is 0 Å². The zero-order valence-electron chi connectivity index (χ0n) is 20.8. The minimum absolute atomic E-state index is 0.195. The number of phenols is 1. The minimum Gasteiger partial charge on any atom is -0.504 e. The van der Waals surface area contributed by atoms with Crippen LogP contribution in [0.2, 0.25) is 0 Å². The van der Waals surface area contributed by atoms with E-state index in [1.165, 1.54) is 37.7 Å². The Balaban J connectivity index is 1.51. The lowest BCUT2D eigenvalue weighted by Crippen LogP contribution is -2.15. The SMILES string of the molecule is Oc1cc(-c2nc(-c3ccccc3)c(-c3ccccc3)n2C2CCCCC2)ccc1OC1CCCC1. The molecule has 6 rings (SSSR count). The van der Waals surface area contributed by atoms with Crippen LogP contribution in [0.1, 0.15) is 63.8 Å². The monoisotopic (exact) mass is 478 g/mol. The second-order valence-electron chi connectivity index (χ2n) is 10.2. The van der Waals surface area contributed by atoms with Gasteiger partial charge in [0.1, 0.15) is 5.82 Å². The van der Waals surface area contributed by atoms with Crippen molar-refractivity contribution < 1.29 is 9.84 Å². The van der Waals surface area contributed by atoms with E-state index < -0.39 is 0 Å². The molecule has 1 heterocycles. The molecule has 4 nitrogen and oxygen atoms in total. The zero-order chi connectivity index (χ0) is 24.3. The van der Waals surface area contributed by atoms with Crippen LogP contribution in [0, 0.1) is 0 Å². The summed E-state index contributed by atoms with van der Waals surface area (Å²) < 4.78 is 8.60. The molecule has 0 unspecified atom stereocenters. The van der Waals surface area contributed by atoms with Crippen molar-refractivity contribution in [2.45, 2.75) is 69.9 Å². The highest BCUT2D eigenvalue weighted by molar-refractivity contribution is 5.82. The van der Waals surface area contributed by atoms with Crippen LogP contribution in [0.4, 0.5) is 0 Å². The Kier molecular flexibility index (Phi) is 6.50. The van der Waals surface area contributed by atoms with E-state index in [1.54, 1.807) is 0 Å². The maximum absolute atomic E-state index is 11.0. The molecule has 0 amide bonds. The van der Waals surface area contributed by atoms with Crippen LogP contribution in [0.3, 0.4) is 0 Å². The summed E-state index contributed by atoms with van der Waals surface area (Å²) in [5.41, 5.74) is 5.36.